The lowest BCUT2D eigenvalue weighted by molar-refractivity contribution is 0.391. The predicted molar refractivity (Wildman–Crippen MR) is 49.8 cm³/mol. The molecule has 1 aromatic rings. The van der Waals surface area contributed by atoms with E-state index in [9.17, 15) is 0 Å². The molecular formula is C9H16N4. The zero-order valence-electron chi connectivity index (χ0n) is 8.14. The molecule has 0 amide bonds. The minimum absolute atomic E-state index is 0.0417. The van der Waals surface area contributed by atoms with Gasteiger partial charge in [-0.1, -0.05) is 6.92 Å². The van der Waals surface area contributed by atoms with Crippen LogP contribution in [0.3, 0.4) is 0 Å². The zero-order chi connectivity index (χ0) is 9.42. The third-order valence-electron chi connectivity index (χ3n) is 2.98. The van der Waals surface area contributed by atoms with E-state index >= 15 is 0 Å². The van der Waals surface area contributed by atoms with Gasteiger partial charge >= 0.3 is 0 Å². The normalized spacial score (nSPS) is 21.5. The highest BCUT2D eigenvalue weighted by atomic mass is 15.3. The van der Waals surface area contributed by atoms with Crippen molar-refractivity contribution in [2.24, 2.45) is 24.6 Å². The lowest BCUT2D eigenvalue weighted by atomic mass is 9.97. The Bertz CT molecular complexity index is 290. The third kappa shape index (κ3) is 1.58. The minimum atomic E-state index is 0.0417. The molecule has 72 valence electrons. The second-order valence-corrected chi connectivity index (χ2v) is 3.96. The summed E-state index contributed by atoms with van der Waals surface area (Å²) in [6.07, 6.45) is 4.22. The summed E-state index contributed by atoms with van der Waals surface area (Å²) >= 11 is 0. The van der Waals surface area contributed by atoms with E-state index in [4.69, 9.17) is 5.73 Å². The van der Waals surface area contributed by atoms with E-state index in [1.54, 1.807) is 11.0 Å². The van der Waals surface area contributed by atoms with Gasteiger partial charge in [0.15, 0.2) is 0 Å². The molecule has 0 aromatic carbocycles. The van der Waals surface area contributed by atoms with Crippen LogP contribution in [0.4, 0.5) is 0 Å². The summed E-state index contributed by atoms with van der Waals surface area (Å²) in [6, 6.07) is 0.0417. The van der Waals surface area contributed by atoms with Crippen molar-refractivity contribution in [2.75, 3.05) is 0 Å². The molecule has 1 fully saturated rings. The molecule has 4 heteroatoms. The molecule has 1 aliphatic rings. The summed E-state index contributed by atoms with van der Waals surface area (Å²) in [5, 5.41) is 4.03. The van der Waals surface area contributed by atoms with Crippen LogP contribution in [0.5, 0.6) is 0 Å². The molecule has 2 atom stereocenters. The molecule has 2 N–H and O–H groups in total. The largest absolute Gasteiger partial charge is 0.321 e. The number of aryl methyl sites for hydroxylation is 1. The summed E-state index contributed by atoms with van der Waals surface area (Å²) in [6.45, 7) is 2.21. The highest BCUT2D eigenvalue weighted by Crippen LogP contribution is 2.41. The van der Waals surface area contributed by atoms with Gasteiger partial charge in [0.25, 0.3) is 0 Å². The molecule has 0 spiro atoms. The van der Waals surface area contributed by atoms with Crippen LogP contribution in [0.15, 0.2) is 6.33 Å². The van der Waals surface area contributed by atoms with Crippen LogP contribution in [0.1, 0.15) is 31.6 Å². The standard InChI is InChI=1S/C9H16N4/c1-6(7-3-4-7)8(10)9-11-5-12-13(9)2/h5-8H,3-4,10H2,1-2H3. The van der Waals surface area contributed by atoms with E-state index in [1.165, 1.54) is 12.8 Å². The van der Waals surface area contributed by atoms with Gasteiger partial charge in [0, 0.05) is 7.05 Å². The van der Waals surface area contributed by atoms with Gasteiger partial charge in [-0.2, -0.15) is 5.10 Å². The molecule has 0 saturated heterocycles. The van der Waals surface area contributed by atoms with Crippen LogP contribution in [0.25, 0.3) is 0 Å². The molecule has 2 rings (SSSR count). The Balaban J connectivity index is 2.11. The molecule has 1 aromatic heterocycles. The van der Waals surface area contributed by atoms with Crippen molar-refractivity contribution in [1.29, 1.82) is 0 Å². The first-order valence-electron chi connectivity index (χ1n) is 4.79. The van der Waals surface area contributed by atoms with E-state index in [0.717, 1.165) is 11.7 Å². The lowest BCUT2D eigenvalue weighted by Crippen LogP contribution is -2.24. The smallest absolute Gasteiger partial charge is 0.143 e. The lowest BCUT2D eigenvalue weighted by Gasteiger charge is -2.17. The Morgan fingerprint density at radius 1 is 1.62 bits per heavy atom. The number of aromatic nitrogens is 3. The van der Waals surface area contributed by atoms with Gasteiger partial charge in [0.05, 0.1) is 6.04 Å². The van der Waals surface area contributed by atoms with Gasteiger partial charge in [-0.3, -0.25) is 4.68 Å². The molecule has 2 unspecified atom stereocenters. The summed E-state index contributed by atoms with van der Waals surface area (Å²) in [5.74, 6) is 2.24. The summed E-state index contributed by atoms with van der Waals surface area (Å²) in [7, 11) is 1.89. The SMILES string of the molecule is CC(C1CC1)C(N)c1ncnn1C. The van der Waals surface area contributed by atoms with Gasteiger partial charge in [-0.05, 0) is 24.7 Å². The predicted octanol–water partition coefficient (Wildman–Crippen LogP) is 0.861. The molecule has 0 radical (unpaired) electrons. The van der Waals surface area contributed by atoms with Gasteiger partial charge in [-0.25, -0.2) is 4.98 Å². The summed E-state index contributed by atoms with van der Waals surface area (Å²) < 4.78 is 1.77. The maximum absolute atomic E-state index is 6.10. The number of nitrogens with zero attached hydrogens (tertiary/aromatic N) is 3. The summed E-state index contributed by atoms with van der Waals surface area (Å²) in [5.41, 5.74) is 6.10. The van der Waals surface area contributed by atoms with Crippen molar-refractivity contribution in [1.82, 2.24) is 14.8 Å². The zero-order valence-corrected chi connectivity index (χ0v) is 8.14. The molecule has 1 saturated carbocycles. The molecular weight excluding hydrogens is 164 g/mol. The second kappa shape index (κ2) is 3.10. The second-order valence-electron chi connectivity index (χ2n) is 3.96. The van der Waals surface area contributed by atoms with Gasteiger partial charge in [0.2, 0.25) is 0 Å². The highest BCUT2D eigenvalue weighted by molar-refractivity contribution is 4.98. The van der Waals surface area contributed by atoms with Crippen molar-refractivity contribution in [2.45, 2.75) is 25.8 Å². The van der Waals surface area contributed by atoms with Crippen LogP contribution >= 0.6 is 0 Å². The van der Waals surface area contributed by atoms with E-state index < -0.39 is 0 Å². The topological polar surface area (TPSA) is 56.7 Å². The van der Waals surface area contributed by atoms with Gasteiger partial charge in [-0.15, -0.1) is 0 Å². The van der Waals surface area contributed by atoms with Crippen LogP contribution in [-0.2, 0) is 7.05 Å². The summed E-state index contributed by atoms with van der Waals surface area (Å²) in [4.78, 5) is 4.17. The Morgan fingerprint density at radius 2 is 2.31 bits per heavy atom. The molecule has 13 heavy (non-hydrogen) atoms. The average molecular weight is 180 g/mol. The Kier molecular flexibility index (Phi) is 2.07. The fourth-order valence-corrected chi connectivity index (χ4v) is 1.76. The highest BCUT2D eigenvalue weighted by Gasteiger charge is 2.33. The van der Waals surface area contributed by atoms with E-state index in [0.29, 0.717) is 5.92 Å². The van der Waals surface area contributed by atoms with Crippen molar-refractivity contribution in [3.05, 3.63) is 12.2 Å². The van der Waals surface area contributed by atoms with Gasteiger partial charge in [0.1, 0.15) is 12.2 Å². The van der Waals surface area contributed by atoms with Crippen LogP contribution in [-0.4, -0.2) is 14.8 Å². The Labute approximate surface area is 78.1 Å². The Morgan fingerprint density at radius 3 is 2.77 bits per heavy atom. The first kappa shape index (κ1) is 8.69. The first-order chi connectivity index (χ1) is 6.20. The number of rotatable bonds is 3. The quantitative estimate of drug-likeness (QED) is 0.750. The van der Waals surface area contributed by atoms with Crippen LogP contribution in [0.2, 0.25) is 0 Å². The van der Waals surface area contributed by atoms with Crippen LogP contribution in [0, 0.1) is 11.8 Å². The van der Waals surface area contributed by atoms with Crippen molar-refractivity contribution >= 4 is 0 Å². The minimum Gasteiger partial charge on any atom is -0.321 e. The maximum atomic E-state index is 6.10. The monoisotopic (exact) mass is 180 g/mol. The Hall–Kier alpha value is -0.900. The van der Waals surface area contributed by atoms with Crippen LogP contribution < -0.4 is 5.73 Å². The third-order valence-corrected chi connectivity index (χ3v) is 2.98. The number of hydrogen-bond donors (Lipinski definition) is 1. The van der Waals surface area contributed by atoms with E-state index in [1.807, 2.05) is 7.05 Å². The molecule has 1 aliphatic carbocycles. The first-order valence-corrected chi connectivity index (χ1v) is 4.79. The molecule has 1 heterocycles. The average Bonchev–Trinajstić information content (AvgIpc) is 2.87. The van der Waals surface area contributed by atoms with E-state index in [2.05, 4.69) is 17.0 Å². The number of hydrogen-bond acceptors (Lipinski definition) is 3. The molecule has 0 bridgehead atoms. The van der Waals surface area contributed by atoms with Crippen molar-refractivity contribution in [3.63, 3.8) is 0 Å². The fraction of sp³-hybridized carbons (Fsp3) is 0.778. The number of nitrogens with two attached hydrogens (primary N) is 1. The molecule has 4 nitrogen and oxygen atoms in total. The molecule has 0 aliphatic heterocycles. The van der Waals surface area contributed by atoms with Crippen molar-refractivity contribution in [3.8, 4) is 0 Å². The van der Waals surface area contributed by atoms with Gasteiger partial charge < -0.3 is 5.73 Å². The van der Waals surface area contributed by atoms with E-state index in [-0.39, 0.29) is 6.04 Å². The van der Waals surface area contributed by atoms with Crippen molar-refractivity contribution < 1.29 is 0 Å². The maximum Gasteiger partial charge on any atom is 0.143 e. The fourth-order valence-electron chi connectivity index (χ4n) is 1.76.